The first-order chi connectivity index (χ1) is 4.41. The van der Waals surface area contributed by atoms with Crippen LogP contribution in [0.2, 0.25) is 0 Å². The molecule has 1 rings (SSSR count). The number of rotatable bonds is 0. The van der Waals surface area contributed by atoms with Crippen LogP contribution in [-0.4, -0.2) is 27.2 Å². The predicted molar refractivity (Wildman–Crippen MR) is 31.1 cm³/mol. The van der Waals surface area contributed by atoms with Crippen LogP contribution in [0.4, 0.5) is 0 Å². The molecule has 0 aliphatic rings. The third kappa shape index (κ3) is 6.93. The SMILES string of the molecule is NCO.c1cnnnc1. The van der Waals surface area contributed by atoms with Crippen molar-refractivity contribution in [3.63, 3.8) is 0 Å². The van der Waals surface area contributed by atoms with E-state index in [1.54, 1.807) is 18.5 Å². The molecule has 0 unspecified atom stereocenters. The first-order valence-corrected chi connectivity index (χ1v) is 2.31. The third-order valence-corrected chi connectivity index (χ3v) is 0.409. The van der Waals surface area contributed by atoms with Gasteiger partial charge in [-0.05, 0) is 11.3 Å². The average Bonchev–Trinajstić information content (AvgIpc) is 1.93. The van der Waals surface area contributed by atoms with E-state index < -0.39 is 0 Å². The van der Waals surface area contributed by atoms with Crippen LogP contribution in [-0.2, 0) is 0 Å². The molecule has 50 valence electrons. The zero-order chi connectivity index (χ0) is 6.95. The minimum Gasteiger partial charge on any atom is -0.382 e. The summed E-state index contributed by atoms with van der Waals surface area (Å²) in [6, 6.07) is 1.72. The molecule has 0 spiro atoms. The minimum absolute atomic E-state index is 0.250. The van der Waals surface area contributed by atoms with Crippen LogP contribution < -0.4 is 5.73 Å². The van der Waals surface area contributed by atoms with Crippen molar-refractivity contribution in [2.45, 2.75) is 0 Å². The van der Waals surface area contributed by atoms with Crippen LogP contribution in [0, 0.1) is 0 Å². The Hall–Kier alpha value is -1.07. The molecule has 1 aromatic rings. The topological polar surface area (TPSA) is 84.9 Å². The second kappa shape index (κ2) is 6.93. The highest BCUT2D eigenvalue weighted by atomic mass is 16.3. The van der Waals surface area contributed by atoms with Crippen LogP contribution in [0.3, 0.4) is 0 Å². The van der Waals surface area contributed by atoms with E-state index in [2.05, 4.69) is 21.1 Å². The summed E-state index contributed by atoms with van der Waals surface area (Å²) in [6.07, 6.45) is 3.15. The molecule has 0 aliphatic heterocycles. The molecular formula is C4H8N4O. The summed E-state index contributed by atoms with van der Waals surface area (Å²) in [6.45, 7) is -0.250. The molecule has 0 bridgehead atoms. The monoisotopic (exact) mass is 128 g/mol. The van der Waals surface area contributed by atoms with E-state index in [0.717, 1.165) is 0 Å². The number of aromatic nitrogens is 3. The van der Waals surface area contributed by atoms with Crippen LogP contribution >= 0.6 is 0 Å². The highest BCUT2D eigenvalue weighted by molar-refractivity contribution is 4.69. The quantitative estimate of drug-likeness (QED) is 0.427. The van der Waals surface area contributed by atoms with E-state index >= 15 is 0 Å². The summed E-state index contributed by atoms with van der Waals surface area (Å²) in [5, 5.41) is 17.5. The third-order valence-electron chi connectivity index (χ3n) is 0.409. The lowest BCUT2D eigenvalue weighted by Crippen LogP contribution is -1.92. The van der Waals surface area contributed by atoms with Gasteiger partial charge in [-0.2, -0.15) is 0 Å². The highest BCUT2D eigenvalue weighted by Gasteiger charge is 1.60. The zero-order valence-electron chi connectivity index (χ0n) is 4.81. The van der Waals surface area contributed by atoms with Crippen LogP contribution in [0.5, 0.6) is 0 Å². The Labute approximate surface area is 52.5 Å². The largest absolute Gasteiger partial charge is 0.382 e. The van der Waals surface area contributed by atoms with E-state index in [1.165, 1.54) is 0 Å². The Bertz CT molecular complexity index is 95.4. The first kappa shape index (κ1) is 7.93. The lowest BCUT2D eigenvalue weighted by Gasteiger charge is -1.68. The highest BCUT2D eigenvalue weighted by Crippen LogP contribution is 1.61. The first-order valence-electron chi connectivity index (χ1n) is 2.31. The van der Waals surface area contributed by atoms with Gasteiger partial charge in [-0.25, -0.2) is 0 Å². The Kier molecular flexibility index (Phi) is 6.11. The summed E-state index contributed by atoms with van der Waals surface area (Å²) in [7, 11) is 0. The fourth-order valence-corrected chi connectivity index (χ4v) is 0.205. The van der Waals surface area contributed by atoms with Crippen molar-refractivity contribution >= 4 is 0 Å². The van der Waals surface area contributed by atoms with E-state index in [-0.39, 0.29) is 6.73 Å². The summed E-state index contributed by atoms with van der Waals surface area (Å²) >= 11 is 0. The van der Waals surface area contributed by atoms with Crippen molar-refractivity contribution in [2.75, 3.05) is 6.73 Å². The molecule has 5 nitrogen and oxygen atoms in total. The lowest BCUT2D eigenvalue weighted by atomic mass is 10.7. The van der Waals surface area contributed by atoms with E-state index in [0.29, 0.717) is 0 Å². The molecule has 0 atom stereocenters. The summed E-state index contributed by atoms with van der Waals surface area (Å²) in [5.74, 6) is 0. The summed E-state index contributed by atoms with van der Waals surface area (Å²) in [4.78, 5) is 0. The molecule has 5 heteroatoms. The van der Waals surface area contributed by atoms with Gasteiger partial charge in [0.2, 0.25) is 0 Å². The van der Waals surface area contributed by atoms with Crippen molar-refractivity contribution in [1.82, 2.24) is 15.4 Å². The van der Waals surface area contributed by atoms with E-state index in [4.69, 9.17) is 5.11 Å². The number of hydrogen-bond acceptors (Lipinski definition) is 5. The molecule has 0 amide bonds. The van der Waals surface area contributed by atoms with Crippen molar-refractivity contribution in [2.24, 2.45) is 5.73 Å². The molecule has 0 aliphatic carbocycles. The van der Waals surface area contributed by atoms with Crippen molar-refractivity contribution in [3.8, 4) is 0 Å². The van der Waals surface area contributed by atoms with E-state index in [1.807, 2.05) is 0 Å². The molecule has 3 N–H and O–H groups in total. The van der Waals surface area contributed by atoms with Gasteiger partial charge in [0, 0.05) is 0 Å². The van der Waals surface area contributed by atoms with Gasteiger partial charge >= 0.3 is 0 Å². The number of nitrogens with two attached hydrogens (primary N) is 1. The maximum atomic E-state index is 7.35. The number of aliphatic hydroxyl groups excluding tert-OH is 1. The fraction of sp³-hybridized carbons (Fsp3) is 0.250. The Morgan fingerprint density at radius 1 is 1.33 bits per heavy atom. The molecule has 0 saturated heterocycles. The molecule has 1 aromatic heterocycles. The van der Waals surface area contributed by atoms with Crippen molar-refractivity contribution in [3.05, 3.63) is 18.5 Å². The van der Waals surface area contributed by atoms with Crippen LogP contribution in [0.25, 0.3) is 0 Å². The minimum atomic E-state index is -0.250. The average molecular weight is 128 g/mol. The van der Waals surface area contributed by atoms with Gasteiger partial charge < -0.3 is 10.8 Å². The van der Waals surface area contributed by atoms with Gasteiger partial charge in [0.15, 0.2) is 0 Å². The van der Waals surface area contributed by atoms with Crippen molar-refractivity contribution < 1.29 is 5.11 Å². The number of aliphatic hydroxyl groups is 1. The lowest BCUT2D eigenvalue weighted by molar-refractivity contribution is 0.307. The second-order valence-corrected chi connectivity index (χ2v) is 0.994. The molecule has 0 aromatic carbocycles. The predicted octanol–water partition coefficient (Wildman–Crippen LogP) is -1.23. The van der Waals surface area contributed by atoms with Crippen LogP contribution in [0.15, 0.2) is 18.5 Å². The van der Waals surface area contributed by atoms with Gasteiger partial charge in [0.1, 0.15) is 0 Å². The molecule has 0 radical (unpaired) electrons. The standard InChI is InChI=1S/C3H3N3.CH5NO/c1-2-4-6-5-3-1;2-1-3/h1-3H;3H,1-2H2. The maximum Gasteiger partial charge on any atom is 0.0906 e. The summed E-state index contributed by atoms with van der Waals surface area (Å²) in [5.41, 5.74) is 4.40. The number of nitrogens with zero attached hydrogens (tertiary/aromatic N) is 3. The zero-order valence-corrected chi connectivity index (χ0v) is 4.81. The summed E-state index contributed by atoms with van der Waals surface area (Å²) < 4.78 is 0. The number of hydrogen-bond donors (Lipinski definition) is 2. The fourth-order valence-electron chi connectivity index (χ4n) is 0.205. The normalized spacial score (nSPS) is 7.33. The molecule has 0 saturated carbocycles. The molecular weight excluding hydrogens is 120 g/mol. The van der Waals surface area contributed by atoms with Crippen molar-refractivity contribution in [1.29, 1.82) is 0 Å². The maximum absolute atomic E-state index is 7.35. The Morgan fingerprint density at radius 3 is 1.89 bits per heavy atom. The van der Waals surface area contributed by atoms with Gasteiger partial charge in [-0.15, -0.1) is 10.2 Å². The van der Waals surface area contributed by atoms with Gasteiger partial charge in [-0.3, -0.25) is 0 Å². The Morgan fingerprint density at radius 2 is 1.78 bits per heavy atom. The van der Waals surface area contributed by atoms with E-state index in [9.17, 15) is 0 Å². The molecule has 1 heterocycles. The second-order valence-electron chi connectivity index (χ2n) is 0.994. The van der Waals surface area contributed by atoms with Crippen LogP contribution in [0.1, 0.15) is 0 Å². The van der Waals surface area contributed by atoms with Gasteiger partial charge in [-0.1, -0.05) is 0 Å². The molecule has 9 heavy (non-hydrogen) atoms. The smallest absolute Gasteiger partial charge is 0.0906 e. The molecule has 0 fully saturated rings. The van der Waals surface area contributed by atoms with Gasteiger partial charge in [0.25, 0.3) is 0 Å². The Balaban J connectivity index is 0.000000187. The van der Waals surface area contributed by atoms with Gasteiger partial charge in [0.05, 0.1) is 19.1 Å².